The maximum Gasteiger partial charge on any atom is 0.122 e. The van der Waals surface area contributed by atoms with Crippen LogP contribution in [0.5, 0.6) is 5.75 Å². The molecule has 2 aromatic rings. The number of nitrogens with two attached hydrogens (primary N) is 1. The molecule has 0 aliphatic rings. The molecule has 2 aromatic carbocycles. The van der Waals surface area contributed by atoms with E-state index in [1.807, 2.05) is 42.5 Å². The van der Waals surface area contributed by atoms with Gasteiger partial charge in [-0.05, 0) is 51.7 Å². The molecule has 2 rings (SSSR count). The van der Waals surface area contributed by atoms with Gasteiger partial charge in [-0.2, -0.15) is 0 Å². The molecule has 0 amide bonds. The van der Waals surface area contributed by atoms with Gasteiger partial charge in [0.05, 0.1) is 18.2 Å². The topological polar surface area (TPSA) is 47.3 Å². The second-order valence-corrected chi connectivity index (χ2v) is 5.67. The third-order valence-corrected chi connectivity index (χ3v) is 4.38. The number of para-hydroxylation sites is 1. The summed E-state index contributed by atoms with van der Waals surface area (Å²) in [6.45, 7) is 0. The van der Waals surface area contributed by atoms with Crippen molar-refractivity contribution in [3.63, 3.8) is 0 Å². The summed E-state index contributed by atoms with van der Waals surface area (Å²) in [5.74, 6) is 6.56. The van der Waals surface area contributed by atoms with Crippen molar-refractivity contribution in [1.29, 1.82) is 0 Å². The highest BCUT2D eigenvalue weighted by molar-refractivity contribution is 9.10. The minimum Gasteiger partial charge on any atom is -0.496 e. The van der Waals surface area contributed by atoms with E-state index in [0.717, 1.165) is 27.8 Å². The Morgan fingerprint density at radius 1 is 1.30 bits per heavy atom. The number of halogens is 2. The van der Waals surface area contributed by atoms with Crippen molar-refractivity contribution in [3.8, 4) is 5.75 Å². The van der Waals surface area contributed by atoms with Gasteiger partial charge in [-0.1, -0.05) is 35.9 Å². The smallest absolute Gasteiger partial charge is 0.122 e. The van der Waals surface area contributed by atoms with Gasteiger partial charge in [-0.15, -0.1) is 0 Å². The van der Waals surface area contributed by atoms with Gasteiger partial charge in [0.25, 0.3) is 0 Å². The summed E-state index contributed by atoms with van der Waals surface area (Å²) in [4.78, 5) is 0. The predicted molar refractivity (Wildman–Crippen MR) is 85.9 cm³/mol. The lowest BCUT2D eigenvalue weighted by atomic mass is 9.99. The lowest BCUT2D eigenvalue weighted by molar-refractivity contribution is 0.405. The van der Waals surface area contributed by atoms with E-state index in [1.165, 1.54) is 0 Å². The Morgan fingerprint density at radius 3 is 2.70 bits per heavy atom. The fourth-order valence-corrected chi connectivity index (χ4v) is 2.61. The Bertz CT molecular complexity index is 592. The molecule has 5 heteroatoms. The Labute approximate surface area is 132 Å². The van der Waals surface area contributed by atoms with Crippen LogP contribution in [0.2, 0.25) is 5.02 Å². The first-order chi connectivity index (χ1) is 9.65. The molecule has 0 heterocycles. The van der Waals surface area contributed by atoms with E-state index in [2.05, 4.69) is 21.4 Å². The molecule has 0 radical (unpaired) electrons. The fourth-order valence-electron chi connectivity index (χ4n) is 2.09. The summed E-state index contributed by atoms with van der Waals surface area (Å²) in [6, 6.07) is 13.7. The summed E-state index contributed by atoms with van der Waals surface area (Å²) in [5.41, 5.74) is 5.01. The maximum absolute atomic E-state index is 6.02. The van der Waals surface area contributed by atoms with Gasteiger partial charge in [0, 0.05) is 4.47 Å². The van der Waals surface area contributed by atoms with Crippen molar-refractivity contribution in [2.24, 2.45) is 5.84 Å². The Morgan fingerprint density at radius 2 is 2.05 bits per heavy atom. The number of hydrogen-bond donors (Lipinski definition) is 2. The van der Waals surface area contributed by atoms with Gasteiger partial charge in [-0.25, -0.2) is 0 Å². The van der Waals surface area contributed by atoms with Crippen LogP contribution in [-0.4, -0.2) is 7.11 Å². The van der Waals surface area contributed by atoms with Crippen molar-refractivity contribution >= 4 is 27.5 Å². The summed E-state index contributed by atoms with van der Waals surface area (Å²) < 4.78 is 6.23. The summed E-state index contributed by atoms with van der Waals surface area (Å²) in [5, 5.41) is 0.682. The molecule has 106 valence electrons. The lowest BCUT2D eigenvalue weighted by Crippen LogP contribution is -2.29. The molecule has 0 aliphatic carbocycles. The summed E-state index contributed by atoms with van der Waals surface area (Å²) in [6.07, 6.45) is 0.731. The van der Waals surface area contributed by atoms with Gasteiger partial charge in [0.15, 0.2) is 0 Å². The third-order valence-electron chi connectivity index (χ3n) is 3.16. The first-order valence-electron chi connectivity index (χ1n) is 6.18. The molecule has 20 heavy (non-hydrogen) atoms. The highest BCUT2D eigenvalue weighted by atomic mass is 79.9. The average Bonchev–Trinajstić information content (AvgIpc) is 2.48. The first kappa shape index (κ1) is 15.3. The fraction of sp³-hybridized carbons (Fsp3) is 0.200. The van der Waals surface area contributed by atoms with Crippen LogP contribution in [0, 0.1) is 0 Å². The Balaban J connectivity index is 2.26. The normalized spacial score (nSPS) is 12.2. The zero-order valence-corrected chi connectivity index (χ0v) is 13.4. The van der Waals surface area contributed by atoms with Crippen LogP contribution in [0.3, 0.4) is 0 Å². The van der Waals surface area contributed by atoms with E-state index in [1.54, 1.807) is 7.11 Å². The minimum atomic E-state index is -0.0140. The Hall–Kier alpha value is -1.07. The highest BCUT2D eigenvalue weighted by Gasteiger charge is 2.14. The van der Waals surface area contributed by atoms with Crippen molar-refractivity contribution in [1.82, 2.24) is 5.43 Å². The zero-order chi connectivity index (χ0) is 14.5. The SMILES string of the molecule is COc1ccccc1CC(NN)c1ccc(Cl)c(Br)c1. The molecular weight excluding hydrogens is 340 g/mol. The van der Waals surface area contributed by atoms with Crippen LogP contribution in [0.1, 0.15) is 17.2 Å². The highest BCUT2D eigenvalue weighted by Crippen LogP contribution is 2.29. The summed E-state index contributed by atoms with van der Waals surface area (Å²) >= 11 is 9.45. The molecule has 0 spiro atoms. The van der Waals surface area contributed by atoms with E-state index in [0.29, 0.717) is 5.02 Å². The number of hydrogen-bond acceptors (Lipinski definition) is 3. The first-order valence-corrected chi connectivity index (χ1v) is 7.35. The number of ether oxygens (including phenoxy) is 1. The van der Waals surface area contributed by atoms with Crippen LogP contribution in [0.25, 0.3) is 0 Å². The van der Waals surface area contributed by atoms with Crippen LogP contribution in [0.4, 0.5) is 0 Å². The minimum absolute atomic E-state index is 0.0140. The zero-order valence-electron chi connectivity index (χ0n) is 11.1. The van der Waals surface area contributed by atoms with Gasteiger partial charge in [0.2, 0.25) is 0 Å². The lowest BCUT2D eigenvalue weighted by Gasteiger charge is -2.18. The molecule has 0 aromatic heterocycles. The third kappa shape index (κ3) is 3.52. The largest absolute Gasteiger partial charge is 0.496 e. The van der Waals surface area contributed by atoms with Gasteiger partial charge in [0.1, 0.15) is 5.75 Å². The van der Waals surface area contributed by atoms with Crippen LogP contribution < -0.4 is 16.0 Å². The van der Waals surface area contributed by atoms with Crippen LogP contribution in [-0.2, 0) is 6.42 Å². The molecule has 0 fully saturated rings. The Kier molecular flexibility index (Phi) is 5.43. The molecule has 0 saturated carbocycles. The molecular formula is C15H16BrClN2O. The van der Waals surface area contributed by atoms with E-state index in [-0.39, 0.29) is 6.04 Å². The van der Waals surface area contributed by atoms with Gasteiger partial charge >= 0.3 is 0 Å². The molecule has 0 aliphatic heterocycles. The molecule has 0 bridgehead atoms. The van der Waals surface area contributed by atoms with Crippen molar-refractivity contribution in [2.45, 2.75) is 12.5 Å². The van der Waals surface area contributed by atoms with Crippen LogP contribution >= 0.6 is 27.5 Å². The van der Waals surface area contributed by atoms with Crippen LogP contribution in [0.15, 0.2) is 46.9 Å². The monoisotopic (exact) mass is 354 g/mol. The summed E-state index contributed by atoms with van der Waals surface area (Å²) in [7, 11) is 1.67. The van der Waals surface area contributed by atoms with Crippen molar-refractivity contribution in [3.05, 3.63) is 63.1 Å². The average molecular weight is 356 g/mol. The van der Waals surface area contributed by atoms with Crippen molar-refractivity contribution in [2.75, 3.05) is 7.11 Å². The quantitative estimate of drug-likeness (QED) is 0.632. The van der Waals surface area contributed by atoms with Gasteiger partial charge < -0.3 is 4.74 Å². The van der Waals surface area contributed by atoms with E-state index < -0.39 is 0 Å². The molecule has 3 nitrogen and oxygen atoms in total. The number of methoxy groups -OCH3 is 1. The van der Waals surface area contributed by atoms with Crippen molar-refractivity contribution < 1.29 is 4.74 Å². The molecule has 0 saturated heterocycles. The number of rotatable bonds is 5. The second-order valence-electron chi connectivity index (χ2n) is 4.41. The van der Waals surface area contributed by atoms with E-state index >= 15 is 0 Å². The standard InChI is InChI=1S/C15H16BrClN2O/c1-20-15-5-3-2-4-11(15)9-14(19-18)10-6-7-13(17)12(16)8-10/h2-8,14,19H,9,18H2,1H3. The van der Waals surface area contributed by atoms with E-state index in [9.17, 15) is 0 Å². The van der Waals surface area contributed by atoms with E-state index in [4.69, 9.17) is 22.2 Å². The predicted octanol–water partition coefficient (Wildman–Crippen LogP) is 3.86. The molecule has 3 N–H and O–H groups in total. The second kappa shape index (κ2) is 7.09. The molecule has 1 unspecified atom stereocenters. The number of nitrogens with one attached hydrogen (secondary N) is 1. The number of hydrazine groups is 1. The maximum atomic E-state index is 6.02. The number of benzene rings is 2. The molecule has 1 atom stereocenters. The van der Waals surface area contributed by atoms with Gasteiger partial charge in [-0.3, -0.25) is 11.3 Å².